The number of hydrogen-bond acceptors (Lipinski definition) is 1. The Kier molecular flexibility index (Phi) is 2.92. The van der Waals surface area contributed by atoms with Gasteiger partial charge < -0.3 is 4.74 Å². The summed E-state index contributed by atoms with van der Waals surface area (Å²) in [7, 11) is 0. The maximum Gasteiger partial charge on any atom is 0.122 e. The van der Waals surface area contributed by atoms with Crippen molar-refractivity contribution < 1.29 is 4.74 Å². The van der Waals surface area contributed by atoms with Gasteiger partial charge in [-0.05, 0) is 24.1 Å². The molecular weight excluding hydrogens is 148 g/mol. The standard InChI is InChI=1S/C11H14O/c1-4-6-11-10(5-2)7-9(3)8-12-11/h4-6H,2-3,7-8H2,1H3/b6-4-. The second kappa shape index (κ2) is 3.96. The molecule has 0 spiro atoms. The van der Waals surface area contributed by atoms with Crippen molar-refractivity contribution in [2.75, 3.05) is 6.61 Å². The summed E-state index contributed by atoms with van der Waals surface area (Å²) in [5, 5.41) is 0. The predicted octanol–water partition coefficient (Wildman–Crippen LogP) is 2.98. The molecule has 0 amide bonds. The van der Waals surface area contributed by atoms with Gasteiger partial charge in [0, 0.05) is 6.42 Å². The Morgan fingerprint density at radius 2 is 2.25 bits per heavy atom. The monoisotopic (exact) mass is 162 g/mol. The fraction of sp³-hybridized carbons (Fsp3) is 0.273. The molecule has 1 aliphatic heterocycles. The summed E-state index contributed by atoms with van der Waals surface area (Å²) in [6.07, 6.45) is 6.65. The Balaban J connectivity index is 2.90. The van der Waals surface area contributed by atoms with Gasteiger partial charge >= 0.3 is 0 Å². The molecule has 1 nitrogen and oxygen atoms in total. The van der Waals surface area contributed by atoms with E-state index in [2.05, 4.69) is 13.2 Å². The zero-order valence-electron chi connectivity index (χ0n) is 7.47. The van der Waals surface area contributed by atoms with Gasteiger partial charge in [-0.2, -0.15) is 0 Å². The molecular formula is C11H14O. The van der Waals surface area contributed by atoms with Crippen LogP contribution in [0.15, 0.2) is 48.3 Å². The maximum absolute atomic E-state index is 5.46. The van der Waals surface area contributed by atoms with Crippen LogP contribution in [-0.4, -0.2) is 6.61 Å². The smallest absolute Gasteiger partial charge is 0.122 e. The van der Waals surface area contributed by atoms with E-state index in [0.29, 0.717) is 6.61 Å². The minimum atomic E-state index is 0.636. The number of allylic oxidation sites excluding steroid dienone is 4. The van der Waals surface area contributed by atoms with Gasteiger partial charge in [-0.15, -0.1) is 0 Å². The Bertz CT molecular complexity index is 256. The molecule has 1 aliphatic rings. The van der Waals surface area contributed by atoms with Crippen LogP contribution in [0.4, 0.5) is 0 Å². The van der Waals surface area contributed by atoms with Crippen molar-refractivity contribution in [3.63, 3.8) is 0 Å². The fourth-order valence-electron chi connectivity index (χ4n) is 1.16. The zero-order chi connectivity index (χ0) is 8.97. The van der Waals surface area contributed by atoms with Gasteiger partial charge in [-0.25, -0.2) is 0 Å². The summed E-state index contributed by atoms with van der Waals surface area (Å²) < 4.78 is 5.46. The van der Waals surface area contributed by atoms with Gasteiger partial charge in [-0.1, -0.05) is 25.3 Å². The lowest BCUT2D eigenvalue weighted by molar-refractivity contribution is 0.237. The average molecular weight is 162 g/mol. The molecule has 1 heteroatoms. The summed E-state index contributed by atoms with van der Waals surface area (Å²) in [5.74, 6) is 0.930. The van der Waals surface area contributed by atoms with Crippen LogP contribution >= 0.6 is 0 Å². The Labute approximate surface area is 73.7 Å². The van der Waals surface area contributed by atoms with E-state index in [1.54, 1.807) is 0 Å². The maximum atomic E-state index is 5.46. The van der Waals surface area contributed by atoms with Crippen molar-refractivity contribution in [3.8, 4) is 0 Å². The first-order chi connectivity index (χ1) is 5.77. The molecule has 0 saturated heterocycles. The van der Waals surface area contributed by atoms with Crippen LogP contribution in [0.3, 0.4) is 0 Å². The van der Waals surface area contributed by atoms with Crippen LogP contribution in [0.5, 0.6) is 0 Å². The van der Waals surface area contributed by atoms with E-state index < -0.39 is 0 Å². The molecule has 0 bridgehead atoms. The molecule has 1 rings (SSSR count). The SMILES string of the molecule is C=CC1=C(/C=C\C)OCC(=C)C1. The Morgan fingerprint density at radius 3 is 2.83 bits per heavy atom. The molecule has 0 fully saturated rings. The summed E-state index contributed by atoms with van der Waals surface area (Å²) in [5.41, 5.74) is 2.24. The summed E-state index contributed by atoms with van der Waals surface area (Å²) in [4.78, 5) is 0. The van der Waals surface area contributed by atoms with E-state index in [4.69, 9.17) is 4.74 Å². The molecule has 0 N–H and O–H groups in total. The Morgan fingerprint density at radius 1 is 1.50 bits per heavy atom. The second-order valence-corrected chi connectivity index (χ2v) is 2.81. The van der Waals surface area contributed by atoms with E-state index in [1.165, 1.54) is 0 Å². The van der Waals surface area contributed by atoms with Gasteiger partial charge in [0.2, 0.25) is 0 Å². The summed E-state index contributed by atoms with van der Waals surface area (Å²) >= 11 is 0. The topological polar surface area (TPSA) is 9.23 Å². The van der Waals surface area contributed by atoms with E-state index in [-0.39, 0.29) is 0 Å². The number of rotatable bonds is 2. The van der Waals surface area contributed by atoms with E-state index in [1.807, 2.05) is 25.2 Å². The Hall–Kier alpha value is -1.24. The molecule has 0 atom stereocenters. The van der Waals surface area contributed by atoms with Gasteiger partial charge in [-0.3, -0.25) is 0 Å². The van der Waals surface area contributed by atoms with Crippen LogP contribution in [0.25, 0.3) is 0 Å². The first kappa shape index (κ1) is 8.85. The molecule has 1 heterocycles. The number of ether oxygens (including phenoxy) is 1. The van der Waals surface area contributed by atoms with Gasteiger partial charge in [0.1, 0.15) is 12.4 Å². The van der Waals surface area contributed by atoms with Gasteiger partial charge in [0.05, 0.1) is 0 Å². The molecule has 0 radical (unpaired) electrons. The lowest BCUT2D eigenvalue weighted by Gasteiger charge is -2.18. The molecule has 12 heavy (non-hydrogen) atoms. The second-order valence-electron chi connectivity index (χ2n) is 2.81. The third-order valence-electron chi connectivity index (χ3n) is 1.75. The summed E-state index contributed by atoms with van der Waals surface area (Å²) in [6.45, 7) is 10.2. The molecule has 0 aliphatic carbocycles. The van der Waals surface area contributed by atoms with Crippen molar-refractivity contribution in [3.05, 3.63) is 48.3 Å². The van der Waals surface area contributed by atoms with E-state index in [9.17, 15) is 0 Å². The molecule has 64 valence electrons. The summed E-state index contributed by atoms with van der Waals surface area (Å²) in [6, 6.07) is 0. The lowest BCUT2D eigenvalue weighted by atomic mass is 10.0. The third-order valence-corrected chi connectivity index (χ3v) is 1.75. The van der Waals surface area contributed by atoms with Crippen molar-refractivity contribution in [1.82, 2.24) is 0 Å². The highest BCUT2D eigenvalue weighted by molar-refractivity contribution is 5.34. The molecule has 0 unspecified atom stereocenters. The average Bonchev–Trinajstić information content (AvgIpc) is 2.08. The van der Waals surface area contributed by atoms with Crippen LogP contribution in [-0.2, 0) is 4.74 Å². The van der Waals surface area contributed by atoms with E-state index >= 15 is 0 Å². The first-order valence-electron chi connectivity index (χ1n) is 4.05. The minimum Gasteiger partial charge on any atom is -0.489 e. The van der Waals surface area contributed by atoms with Crippen molar-refractivity contribution >= 4 is 0 Å². The van der Waals surface area contributed by atoms with Gasteiger partial charge in [0.15, 0.2) is 0 Å². The quantitative estimate of drug-likeness (QED) is 0.567. The molecule has 0 aromatic heterocycles. The van der Waals surface area contributed by atoms with Gasteiger partial charge in [0.25, 0.3) is 0 Å². The number of hydrogen-bond donors (Lipinski definition) is 0. The highest BCUT2D eigenvalue weighted by Crippen LogP contribution is 2.23. The fourth-order valence-corrected chi connectivity index (χ4v) is 1.16. The highest BCUT2D eigenvalue weighted by atomic mass is 16.5. The first-order valence-corrected chi connectivity index (χ1v) is 4.05. The highest BCUT2D eigenvalue weighted by Gasteiger charge is 2.10. The van der Waals surface area contributed by atoms with Crippen LogP contribution in [0.1, 0.15) is 13.3 Å². The lowest BCUT2D eigenvalue weighted by Crippen LogP contribution is -2.06. The minimum absolute atomic E-state index is 0.636. The predicted molar refractivity (Wildman–Crippen MR) is 51.7 cm³/mol. The largest absolute Gasteiger partial charge is 0.489 e. The van der Waals surface area contributed by atoms with Crippen LogP contribution in [0, 0.1) is 0 Å². The molecule has 0 aromatic carbocycles. The van der Waals surface area contributed by atoms with Crippen LogP contribution < -0.4 is 0 Å². The van der Waals surface area contributed by atoms with E-state index in [0.717, 1.165) is 23.3 Å². The normalized spacial score (nSPS) is 18.2. The third kappa shape index (κ3) is 1.88. The van der Waals surface area contributed by atoms with Crippen molar-refractivity contribution in [1.29, 1.82) is 0 Å². The molecule has 0 aromatic rings. The molecule has 0 saturated carbocycles. The van der Waals surface area contributed by atoms with Crippen molar-refractivity contribution in [2.24, 2.45) is 0 Å². The zero-order valence-corrected chi connectivity index (χ0v) is 7.47. The van der Waals surface area contributed by atoms with Crippen LogP contribution in [0.2, 0.25) is 0 Å². The van der Waals surface area contributed by atoms with Crippen molar-refractivity contribution in [2.45, 2.75) is 13.3 Å².